The van der Waals surface area contributed by atoms with Crippen LogP contribution in [0.5, 0.6) is 0 Å². The lowest BCUT2D eigenvalue weighted by molar-refractivity contribution is 0.180. The molecule has 21 heavy (non-hydrogen) atoms. The van der Waals surface area contributed by atoms with Gasteiger partial charge in [0.25, 0.3) is 0 Å². The molecular formula is C15H35IN4O. The first kappa shape index (κ1) is 23.2. The maximum atomic E-state index is 5.05. The summed E-state index contributed by atoms with van der Waals surface area (Å²) in [5.74, 6) is 0.909. The second-order valence-corrected chi connectivity index (χ2v) is 5.14. The van der Waals surface area contributed by atoms with Crippen LogP contribution in [0.3, 0.4) is 0 Å². The highest BCUT2D eigenvalue weighted by Gasteiger charge is 2.00. The number of unbranched alkanes of at least 4 members (excludes halogenated alkanes) is 3. The molecule has 0 aliphatic heterocycles. The van der Waals surface area contributed by atoms with Crippen LogP contribution in [0.15, 0.2) is 4.99 Å². The number of aliphatic imine (C=N–C) groups is 1. The van der Waals surface area contributed by atoms with Gasteiger partial charge in [-0.2, -0.15) is 0 Å². The molecule has 0 rings (SSSR count). The maximum absolute atomic E-state index is 5.05. The highest BCUT2D eigenvalue weighted by Crippen LogP contribution is 1.96. The molecule has 0 aromatic heterocycles. The predicted octanol–water partition coefficient (Wildman–Crippen LogP) is 2.32. The summed E-state index contributed by atoms with van der Waals surface area (Å²) in [5, 5.41) is 6.70. The molecule has 0 bridgehead atoms. The summed E-state index contributed by atoms with van der Waals surface area (Å²) >= 11 is 0. The van der Waals surface area contributed by atoms with Gasteiger partial charge in [0.1, 0.15) is 0 Å². The van der Waals surface area contributed by atoms with Gasteiger partial charge in [-0.05, 0) is 19.9 Å². The van der Waals surface area contributed by atoms with Crippen LogP contribution in [-0.4, -0.2) is 64.9 Å². The molecular weight excluding hydrogens is 379 g/mol. The average molecular weight is 414 g/mol. The minimum absolute atomic E-state index is 0. The van der Waals surface area contributed by atoms with Crippen molar-refractivity contribution in [3.05, 3.63) is 0 Å². The highest BCUT2D eigenvalue weighted by atomic mass is 127. The number of hydrogen-bond acceptors (Lipinski definition) is 3. The lowest BCUT2D eigenvalue weighted by Crippen LogP contribution is -2.41. The average Bonchev–Trinajstić information content (AvgIpc) is 2.45. The van der Waals surface area contributed by atoms with Crippen LogP contribution in [0.25, 0.3) is 0 Å². The Kier molecular flexibility index (Phi) is 19.8. The van der Waals surface area contributed by atoms with Gasteiger partial charge >= 0.3 is 0 Å². The molecule has 0 saturated heterocycles. The van der Waals surface area contributed by atoms with Gasteiger partial charge in [0.15, 0.2) is 5.96 Å². The minimum atomic E-state index is 0. The number of hydrogen-bond donors (Lipinski definition) is 2. The van der Waals surface area contributed by atoms with E-state index in [1.807, 2.05) is 7.05 Å². The molecule has 0 amide bonds. The van der Waals surface area contributed by atoms with Crippen LogP contribution < -0.4 is 10.6 Å². The van der Waals surface area contributed by atoms with Gasteiger partial charge < -0.3 is 20.3 Å². The molecule has 0 spiro atoms. The fourth-order valence-electron chi connectivity index (χ4n) is 1.93. The summed E-state index contributed by atoms with van der Waals surface area (Å²) in [5.41, 5.74) is 0. The van der Waals surface area contributed by atoms with E-state index in [-0.39, 0.29) is 24.0 Å². The van der Waals surface area contributed by atoms with Crippen molar-refractivity contribution in [3.63, 3.8) is 0 Å². The smallest absolute Gasteiger partial charge is 0.191 e. The van der Waals surface area contributed by atoms with Crippen LogP contribution in [0.4, 0.5) is 0 Å². The molecule has 0 fully saturated rings. The summed E-state index contributed by atoms with van der Waals surface area (Å²) in [6.07, 6.45) is 6.19. The largest absolute Gasteiger partial charge is 0.385 e. The Balaban J connectivity index is 0. The number of methoxy groups -OCH3 is 1. The SMILES string of the molecule is CCCCCCNC(=NC)NCCN(C)CCCOC.I. The number of nitrogens with one attached hydrogen (secondary N) is 2. The number of halogens is 1. The molecule has 0 aromatic rings. The first-order valence-electron chi connectivity index (χ1n) is 7.86. The summed E-state index contributed by atoms with van der Waals surface area (Å²) in [7, 11) is 5.71. The van der Waals surface area contributed by atoms with Crippen LogP contribution in [0.2, 0.25) is 0 Å². The molecule has 0 aliphatic rings. The normalized spacial score (nSPS) is 11.4. The Bertz CT molecular complexity index is 240. The van der Waals surface area contributed by atoms with Gasteiger partial charge in [-0.3, -0.25) is 4.99 Å². The van der Waals surface area contributed by atoms with Gasteiger partial charge in [-0.15, -0.1) is 24.0 Å². The third kappa shape index (κ3) is 16.1. The van der Waals surface area contributed by atoms with Crippen LogP contribution in [0, 0.1) is 0 Å². The molecule has 2 N–H and O–H groups in total. The molecule has 0 aromatic carbocycles. The summed E-state index contributed by atoms with van der Waals surface area (Å²) in [6.45, 7) is 7.07. The van der Waals surface area contributed by atoms with E-state index < -0.39 is 0 Å². The van der Waals surface area contributed by atoms with Crippen molar-refractivity contribution < 1.29 is 4.74 Å². The van der Waals surface area contributed by atoms with E-state index in [9.17, 15) is 0 Å². The van der Waals surface area contributed by atoms with E-state index in [1.165, 1.54) is 25.7 Å². The number of likely N-dealkylation sites (N-methyl/N-ethyl adjacent to an activating group) is 1. The monoisotopic (exact) mass is 414 g/mol. The summed E-state index contributed by atoms with van der Waals surface area (Å²) in [4.78, 5) is 6.54. The van der Waals surface area contributed by atoms with Crippen LogP contribution in [0.1, 0.15) is 39.0 Å². The summed E-state index contributed by atoms with van der Waals surface area (Å²) in [6, 6.07) is 0. The quantitative estimate of drug-likeness (QED) is 0.223. The molecule has 6 heteroatoms. The number of ether oxygens (including phenoxy) is 1. The van der Waals surface area contributed by atoms with Crippen molar-refractivity contribution in [1.82, 2.24) is 15.5 Å². The Hall–Kier alpha value is -0.0800. The highest BCUT2D eigenvalue weighted by molar-refractivity contribution is 14.0. The zero-order chi connectivity index (χ0) is 15.1. The van der Waals surface area contributed by atoms with Crippen molar-refractivity contribution in [3.8, 4) is 0 Å². The molecule has 0 heterocycles. The van der Waals surface area contributed by atoms with E-state index in [4.69, 9.17) is 4.74 Å². The first-order valence-corrected chi connectivity index (χ1v) is 7.86. The number of guanidine groups is 1. The van der Waals surface area contributed by atoms with Gasteiger partial charge in [0.2, 0.25) is 0 Å². The van der Waals surface area contributed by atoms with E-state index in [2.05, 4.69) is 34.5 Å². The molecule has 0 unspecified atom stereocenters. The number of rotatable bonds is 12. The zero-order valence-corrected chi connectivity index (χ0v) is 16.6. The Morgan fingerprint density at radius 1 is 1.05 bits per heavy atom. The Morgan fingerprint density at radius 2 is 1.76 bits per heavy atom. The predicted molar refractivity (Wildman–Crippen MR) is 103 cm³/mol. The van der Waals surface area contributed by atoms with Crippen molar-refractivity contribution >= 4 is 29.9 Å². The van der Waals surface area contributed by atoms with Crippen molar-refractivity contribution in [2.24, 2.45) is 4.99 Å². The standard InChI is InChI=1S/C15H34N4O.HI/c1-5-6-7-8-10-17-15(16-2)18-11-13-19(3)12-9-14-20-4;/h5-14H2,1-4H3,(H2,16,17,18);1H. The van der Waals surface area contributed by atoms with Gasteiger partial charge in [0.05, 0.1) is 0 Å². The van der Waals surface area contributed by atoms with Crippen molar-refractivity contribution in [2.45, 2.75) is 39.0 Å². The van der Waals surface area contributed by atoms with Crippen molar-refractivity contribution in [2.75, 3.05) is 54.0 Å². The van der Waals surface area contributed by atoms with E-state index in [1.54, 1.807) is 7.11 Å². The zero-order valence-electron chi connectivity index (χ0n) is 14.3. The maximum Gasteiger partial charge on any atom is 0.191 e. The fraction of sp³-hybridized carbons (Fsp3) is 0.933. The van der Waals surface area contributed by atoms with Crippen molar-refractivity contribution in [1.29, 1.82) is 0 Å². The van der Waals surface area contributed by atoms with Crippen LogP contribution >= 0.6 is 24.0 Å². The Labute approximate surface area is 148 Å². The van der Waals surface area contributed by atoms with Crippen LogP contribution in [-0.2, 0) is 4.74 Å². The lowest BCUT2D eigenvalue weighted by Gasteiger charge is -2.18. The van der Waals surface area contributed by atoms with Gasteiger partial charge in [-0.1, -0.05) is 26.2 Å². The Morgan fingerprint density at radius 3 is 2.38 bits per heavy atom. The fourth-order valence-corrected chi connectivity index (χ4v) is 1.93. The minimum Gasteiger partial charge on any atom is -0.385 e. The summed E-state index contributed by atoms with van der Waals surface area (Å²) < 4.78 is 5.05. The molecule has 0 aliphatic carbocycles. The second-order valence-electron chi connectivity index (χ2n) is 5.14. The number of nitrogens with zero attached hydrogens (tertiary/aromatic N) is 2. The third-order valence-corrected chi connectivity index (χ3v) is 3.22. The third-order valence-electron chi connectivity index (χ3n) is 3.22. The second kappa shape index (κ2) is 18.0. The molecule has 5 nitrogen and oxygen atoms in total. The van der Waals surface area contributed by atoms with Gasteiger partial charge in [-0.25, -0.2) is 0 Å². The first-order chi connectivity index (χ1) is 9.74. The molecule has 0 radical (unpaired) electrons. The van der Waals surface area contributed by atoms with E-state index in [0.717, 1.165) is 45.2 Å². The topological polar surface area (TPSA) is 48.9 Å². The molecule has 128 valence electrons. The van der Waals surface area contributed by atoms with E-state index >= 15 is 0 Å². The molecule has 0 saturated carbocycles. The molecule has 0 atom stereocenters. The van der Waals surface area contributed by atoms with E-state index in [0.29, 0.717) is 0 Å². The van der Waals surface area contributed by atoms with Gasteiger partial charge in [0, 0.05) is 46.9 Å². The lowest BCUT2D eigenvalue weighted by atomic mass is 10.2.